The zero-order valence-corrected chi connectivity index (χ0v) is 24.8. The average Bonchev–Trinajstić information content (AvgIpc) is 3.48. The quantitative estimate of drug-likeness (QED) is 0.132. The van der Waals surface area contributed by atoms with E-state index in [0.29, 0.717) is 6.08 Å². The summed E-state index contributed by atoms with van der Waals surface area (Å²) in [5.74, 6) is -1.40. The molecule has 0 atom stereocenters. The summed E-state index contributed by atoms with van der Waals surface area (Å²) in [6.07, 6.45) is -7.40. The Morgan fingerprint density at radius 1 is 1.04 bits per heavy atom. The van der Waals surface area contributed by atoms with Crippen molar-refractivity contribution < 1.29 is 53.8 Å². The van der Waals surface area contributed by atoms with Crippen LogP contribution in [-0.2, 0) is 16.4 Å². The van der Waals surface area contributed by atoms with E-state index in [1.165, 1.54) is 56.3 Å². The molecule has 1 aromatic heterocycles. The maximum absolute atomic E-state index is 15.0. The fraction of sp³-hybridized carbons (Fsp3) is 0.200. The highest BCUT2D eigenvalue weighted by atomic mass is 32.2. The van der Waals surface area contributed by atoms with Gasteiger partial charge in [-0.1, -0.05) is 6.07 Å². The van der Waals surface area contributed by atoms with Crippen LogP contribution in [0.3, 0.4) is 0 Å². The third-order valence-electron chi connectivity index (χ3n) is 6.72. The zero-order valence-electron chi connectivity index (χ0n) is 24.0. The molecule has 9 nitrogen and oxygen atoms in total. The van der Waals surface area contributed by atoms with Crippen molar-refractivity contribution in [2.24, 2.45) is 0 Å². The molecule has 0 unspecified atom stereocenters. The Balaban J connectivity index is 1.70. The van der Waals surface area contributed by atoms with Crippen LogP contribution < -0.4 is 14.8 Å². The number of allylic oxidation sites excluding steroid dienone is 2. The van der Waals surface area contributed by atoms with Gasteiger partial charge in [-0.05, 0) is 66.6 Å². The van der Waals surface area contributed by atoms with Crippen molar-refractivity contribution in [2.45, 2.75) is 37.8 Å². The summed E-state index contributed by atoms with van der Waals surface area (Å²) < 4.78 is 121. The summed E-state index contributed by atoms with van der Waals surface area (Å²) in [7, 11) is -4.00. The highest BCUT2D eigenvalue weighted by Crippen LogP contribution is 2.45. The average molecular weight is 668 g/mol. The van der Waals surface area contributed by atoms with Gasteiger partial charge in [0.25, 0.3) is 0 Å². The number of benzene rings is 3. The first-order valence-corrected chi connectivity index (χ1v) is 15.0. The Kier molecular flexibility index (Phi) is 8.15. The number of sulfone groups is 1. The highest BCUT2D eigenvalue weighted by Gasteiger charge is 2.43. The number of halogens is 6. The van der Waals surface area contributed by atoms with Gasteiger partial charge in [0.15, 0.2) is 33.0 Å². The number of aliphatic hydroxyl groups is 1. The molecular weight excluding hydrogens is 644 g/mol. The van der Waals surface area contributed by atoms with Gasteiger partial charge < -0.3 is 24.3 Å². The maximum atomic E-state index is 15.0. The summed E-state index contributed by atoms with van der Waals surface area (Å²) in [5.41, 5.74) is -1.27. The van der Waals surface area contributed by atoms with Crippen molar-refractivity contribution in [2.75, 3.05) is 11.6 Å². The SMILES string of the molecule is C/C(=C/C(=N)C(F)(F)F)Nc1ccc(-c2cc(F)c(CO)c(S(C)(=O)=O)c2)cc1-c1nc(C)oc1-c1ccc2c(c1)OC(F)(F)O2. The van der Waals surface area contributed by atoms with Gasteiger partial charge >= 0.3 is 12.5 Å². The molecule has 46 heavy (non-hydrogen) atoms. The van der Waals surface area contributed by atoms with Crippen LogP contribution in [0.5, 0.6) is 11.5 Å². The first-order chi connectivity index (χ1) is 21.4. The molecule has 0 amide bonds. The number of alkyl halides is 5. The van der Waals surface area contributed by atoms with Crippen molar-refractivity contribution in [1.82, 2.24) is 4.98 Å². The lowest BCUT2D eigenvalue weighted by molar-refractivity contribution is -0.286. The standard InChI is InChI=1S/C30H23F6N3O6S/c1-14(8-26(37)29(32,33)34)38-22-6-4-16(18-10-21(31)20(13-40)25(12-18)46(3,41)42)9-19(22)27-28(43-15(2)39-27)17-5-7-23-24(11-17)45-30(35,36)44-23/h4-12,37-38,40H,13H2,1-3H3/b14-8-,37-26?. The van der Waals surface area contributed by atoms with Gasteiger partial charge in [0.1, 0.15) is 17.2 Å². The Morgan fingerprint density at radius 3 is 2.37 bits per heavy atom. The van der Waals surface area contributed by atoms with Crippen LogP contribution in [0, 0.1) is 18.2 Å². The minimum atomic E-state index is -4.91. The number of fused-ring (bicyclic) bond motifs is 1. The lowest BCUT2D eigenvalue weighted by atomic mass is 9.97. The normalized spacial score (nSPS) is 14.4. The topological polar surface area (TPSA) is 135 Å². The number of oxazole rings is 1. The fourth-order valence-corrected chi connectivity index (χ4v) is 5.68. The molecule has 0 fully saturated rings. The van der Waals surface area contributed by atoms with Crippen molar-refractivity contribution in [3.05, 3.63) is 77.6 Å². The predicted octanol–water partition coefficient (Wildman–Crippen LogP) is 7.24. The second-order valence-electron chi connectivity index (χ2n) is 10.2. The van der Waals surface area contributed by atoms with Crippen LogP contribution >= 0.6 is 0 Å². The zero-order chi connectivity index (χ0) is 33.8. The monoisotopic (exact) mass is 667 g/mol. The molecule has 1 aliphatic heterocycles. The van der Waals surface area contributed by atoms with Crippen molar-refractivity contribution in [3.63, 3.8) is 0 Å². The van der Waals surface area contributed by atoms with Gasteiger partial charge in [0.2, 0.25) is 0 Å². The molecule has 0 aliphatic carbocycles. The van der Waals surface area contributed by atoms with E-state index < -0.39 is 50.9 Å². The molecule has 3 aromatic carbocycles. The van der Waals surface area contributed by atoms with Crippen LogP contribution in [0.2, 0.25) is 0 Å². The Labute approximate surface area is 257 Å². The van der Waals surface area contributed by atoms with Crippen LogP contribution in [0.4, 0.5) is 32.0 Å². The molecule has 2 heterocycles. The minimum Gasteiger partial charge on any atom is -0.440 e. The molecule has 0 saturated carbocycles. The number of ether oxygens (including phenoxy) is 2. The molecule has 4 aromatic rings. The fourth-order valence-electron chi connectivity index (χ4n) is 4.73. The van der Waals surface area contributed by atoms with Crippen LogP contribution in [0.1, 0.15) is 18.4 Å². The van der Waals surface area contributed by atoms with Crippen molar-refractivity contribution >= 4 is 21.2 Å². The summed E-state index contributed by atoms with van der Waals surface area (Å²) >= 11 is 0. The van der Waals surface area contributed by atoms with Gasteiger partial charge in [-0.2, -0.15) is 13.2 Å². The molecule has 0 radical (unpaired) electrons. The molecule has 0 saturated heterocycles. The Bertz CT molecular complexity index is 2020. The van der Waals surface area contributed by atoms with Crippen LogP contribution in [0.15, 0.2) is 69.6 Å². The molecule has 16 heteroatoms. The van der Waals surface area contributed by atoms with E-state index in [4.69, 9.17) is 9.83 Å². The first kappa shape index (κ1) is 32.6. The van der Waals surface area contributed by atoms with Crippen LogP contribution in [0.25, 0.3) is 33.7 Å². The number of aryl methyl sites for hydroxylation is 1. The van der Waals surface area contributed by atoms with Gasteiger partial charge in [-0.3, -0.25) is 5.41 Å². The van der Waals surface area contributed by atoms with Gasteiger partial charge in [0, 0.05) is 41.3 Å². The third kappa shape index (κ3) is 6.57. The highest BCUT2D eigenvalue weighted by molar-refractivity contribution is 7.90. The van der Waals surface area contributed by atoms with E-state index in [1.54, 1.807) is 0 Å². The summed E-state index contributed by atoms with van der Waals surface area (Å²) in [6, 6.07) is 10.3. The van der Waals surface area contributed by atoms with E-state index >= 15 is 4.39 Å². The molecule has 5 rings (SSSR count). The van der Waals surface area contributed by atoms with Gasteiger partial charge in [-0.25, -0.2) is 17.8 Å². The second kappa shape index (κ2) is 11.5. The number of nitrogens with one attached hydrogen (secondary N) is 2. The van der Waals surface area contributed by atoms with Gasteiger partial charge in [0.05, 0.1) is 11.5 Å². The number of hydrogen-bond acceptors (Lipinski definition) is 9. The van der Waals surface area contributed by atoms with Gasteiger partial charge in [-0.15, -0.1) is 8.78 Å². The van der Waals surface area contributed by atoms with Crippen molar-refractivity contribution in [1.29, 1.82) is 5.41 Å². The van der Waals surface area contributed by atoms with E-state index in [1.807, 2.05) is 0 Å². The Hall–Kier alpha value is -4.83. The molecule has 1 aliphatic rings. The largest absolute Gasteiger partial charge is 0.586 e. The van der Waals surface area contributed by atoms with Crippen LogP contribution in [-0.4, -0.2) is 42.9 Å². The lowest BCUT2D eigenvalue weighted by Crippen LogP contribution is -2.25. The third-order valence-corrected chi connectivity index (χ3v) is 7.88. The molecule has 3 N–H and O–H groups in total. The summed E-state index contributed by atoms with van der Waals surface area (Å²) in [6.45, 7) is 1.89. The molecular formula is C30H23F6N3O6S. The van der Waals surface area contributed by atoms with Crippen molar-refractivity contribution in [3.8, 4) is 45.2 Å². The van der Waals surface area contributed by atoms with E-state index in [2.05, 4.69) is 19.8 Å². The minimum absolute atomic E-state index is 0.0302. The molecule has 0 spiro atoms. The van der Waals surface area contributed by atoms with E-state index in [-0.39, 0.29) is 62.5 Å². The number of hydrogen-bond donors (Lipinski definition) is 3. The Morgan fingerprint density at radius 2 is 1.72 bits per heavy atom. The molecule has 242 valence electrons. The number of aromatic nitrogens is 1. The number of aliphatic hydroxyl groups excluding tert-OH is 1. The van der Waals surface area contributed by atoms with E-state index in [0.717, 1.165) is 12.3 Å². The molecule has 0 bridgehead atoms. The number of nitrogens with zero attached hydrogens (tertiary/aromatic N) is 1. The summed E-state index contributed by atoms with van der Waals surface area (Å²) in [4.78, 5) is 3.96. The number of anilines is 1. The first-order valence-electron chi connectivity index (χ1n) is 13.1. The van der Waals surface area contributed by atoms with E-state index in [9.17, 15) is 35.5 Å². The second-order valence-corrected chi connectivity index (χ2v) is 12.2. The smallest absolute Gasteiger partial charge is 0.440 e. The lowest BCUT2D eigenvalue weighted by Gasteiger charge is -2.16. The predicted molar refractivity (Wildman–Crippen MR) is 154 cm³/mol. The number of rotatable bonds is 8. The summed E-state index contributed by atoms with van der Waals surface area (Å²) in [5, 5.41) is 19.7. The maximum Gasteiger partial charge on any atom is 0.586 e.